The molecule has 3 heteroatoms. The lowest BCUT2D eigenvalue weighted by molar-refractivity contribution is 0.101. The SMILES string of the molecule is CC(=O)c1coc(C(C)N)c1. The van der Waals surface area contributed by atoms with Crippen molar-refractivity contribution in [1.82, 2.24) is 0 Å². The van der Waals surface area contributed by atoms with Crippen LogP contribution in [0.2, 0.25) is 0 Å². The van der Waals surface area contributed by atoms with E-state index in [1.807, 2.05) is 6.92 Å². The summed E-state index contributed by atoms with van der Waals surface area (Å²) in [7, 11) is 0. The first kappa shape index (κ1) is 8.01. The number of hydrogen-bond acceptors (Lipinski definition) is 3. The van der Waals surface area contributed by atoms with Crippen LogP contribution < -0.4 is 5.73 Å². The van der Waals surface area contributed by atoms with Crippen molar-refractivity contribution in [2.75, 3.05) is 0 Å². The van der Waals surface area contributed by atoms with E-state index < -0.39 is 0 Å². The Kier molecular flexibility index (Phi) is 2.10. The van der Waals surface area contributed by atoms with Gasteiger partial charge in [0.1, 0.15) is 12.0 Å². The minimum absolute atomic E-state index is 0.000602. The van der Waals surface area contributed by atoms with Crippen molar-refractivity contribution >= 4 is 5.78 Å². The first-order valence-corrected chi connectivity index (χ1v) is 3.46. The van der Waals surface area contributed by atoms with Gasteiger partial charge in [0, 0.05) is 0 Å². The number of carbonyl (C=O) groups excluding carboxylic acids is 1. The third-order valence-electron chi connectivity index (χ3n) is 1.48. The van der Waals surface area contributed by atoms with Gasteiger partial charge in [-0.2, -0.15) is 0 Å². The van der Waals surface area contributed by atoms with Gasteiger partial charge in [0.15, 0.2) is 5.78 Å². The maximum Gasteiger partial charge on any atom is 0.163 e. The maximum absolute atomic E-state index is 10.8. The van der Waals surface area contributed by atoms with E-state index in [1.54, 1.807) is 6.07 Å². The fourth-order valence-corrected chi connectivity index (χ4v) is 0.776. The largest absolute Gasteiger partial charge is 0.467 e. The Morgan fingerprint density at radius 1 is 1.73 bits per heavy atom. The molecule has 60 valence electrons. The van der Waals surface area contributed by atoms with Crippen LogP contribution in [0.3, 0.4) is 0 Å². The molecule has 0 aromatic carbocycles. The third kappa shape index (κ3) is 1.68. The second-order valence-electron chi connectivity index (χ2n) is 2.58. The van der Waals surface area contributed by atoms with E-state index in [4.69, 9.17) is 10.2 Å². The van der Waals surface area contributed by atoms with E-state index in [0.717, 1.165) is 0 Å². The van der Waals surface area contributed by atoms with Crippen LogP contribution in [-0.2, 0) is 0 Å². The standard InChI is InChI=1S/C8H11NO2/c1-5(9)8-3-7(4-11-8)6(2)10/h3-5H,9H2,1-2H3. The molecular formula is C8H11NO2. The molecule has 0 aliphatic rings. The van der Waals surface area contributed by atoms with E-state index in [-0.39, 0.29) is 11.8 Å². The van der Waals surface area contributed by atoms with Crippen molar-refractivity contribution in [2.24, 2.45) is 5.73 Å². The van der Waals surface area contributed by atoms with Gasteiger partial charge in [0.05, 0.1) is 11.6 Å². The normalized spacial score (nSPS) is 13.0. The molecule has 1 aromatic heterocycles. The lowest BCUT2D eigenvalue weighted by atomic mass is 10.2. The van der Waals surface area contributed by atoms with Gasteiger partial charge >= 0.3 is 0 Å². The molecule has 1 heterocycles. The summed E-state index contributed by atoms with van der Waals surface area (Å²) in [5.41, 5.74) is 6.10. The summed E-state index contributed by atoms with van der Waals surface area (Å²) in [5, 5.41) is 0. The predicted octanol–water partition coefficient (Wildman–Crippen LogP) is 1.50. The predicted molar refractivity (Wildman–Crippen MR) is 41.3 cm³/mol. The Hall–Kier alpha value is -1.09. The molecular weight excluding hydrogens is 142 g/mol. The zero-order chi connectivity index (χ0) is 8.43. The van der Waals surface area contributed by atoms with Crippen LogP contribution in [0.5, 0.6) is 0 Å². The van der Waals surface area contributed by atoms with Gasteiger partial charge in [0.2, 0.25) is 0 Å². The second-order valence-corrected chi connectivity index (χ2v) is 2.58. The molecule has 1 aromatic rings. The molecule has 1 atom stereocenters. The van der Waals surface area contributed by atoms with Gasteiger partial charge < -0.3 is 10.2 Å². The molecule has 0 saturated heterocycles. The average molecular weight is 153 g/mol. The second kappa shape index (κ2) is 2.88. The lowest BCUT2D eigenvalue weighted by Crippen LogP contribution is -2.02. The molecule has 1 rings (SSSR count). The highest BCUT2D eigenvalue weighted by molar-refractivity contribution is 5.93. The fraction of sp³-hybridized carbons (Fsp3) is 0.375. The Morgan fingerprint density at radius 2 is 2.36 bits per heavy atom. The molecule has 0 bridgehead atoms. The summed E-state index contributed by atoms with van der Waals surface area (Å²) in [6.07, 6.45) is 1.43. The summed E-state index contributed by atoms with van der Waals surface area (Å²) >= 11 is 0. The number of rotatable bonds is 2. The van der Waals surface area contributed by atoms with Crippen molar-refractivity contribution in [2.45, 2.75) is 19.9 Å². The minimum Gasteiger partial charge on any atom is -0.467 e. The van der Waals surface area contributed by atoms with Crippen molar-refractivity contribution in [3.05, 3.63) is 23.7 Å². The zero-order valence-corrected chi connectivity index (χ0v) is 6.63. The highest BCUT2D eigenvalue weighted by Gasteiger charge is 2.07. The van der Waals surface area contributed by atoms with Crippen molar-refractivity contribution in [3.8, 4) is 0 Å². The Bertz CT molecular complexity index is 263. The monoisotopic (exact) mass is 153 g/mol. The highest BCUT2D eigenvalue weighted by atomic mass is 16.3. The van der Waals surface area contributed by atoms with Crippen LogP contribution in [0.1, 0.15) is 36.0 Å². The van der Waals surface area contributed by atoms with Gasteiger partial charge in [-0.1, -0.05) is 0 Å². The van der Waals surface area contributed by atoms with Crippen molar-refractivity contribution in [1.29, 1.82) is 0 Å². The van der Waals surface area contributed by atoms with E-state index in [1.165, 1.54) is 13.2 Å². The number of Topliss-reactive ketones (excluding diaryl/α,β-unsaturated/α-hetero) is 1. The summed E-state index contributed by atoms with van der Waals surface area (Å²) in [6, 6.07) is 1.52. The van der Waals surface area contributed by atoms with Gasteiger partial charge in [-0.25, -0.2) is 0 Å². The summed E-state index contributed by atoms with van der Waals surface area (Å²) in [4.78, 5) is 10.8. The molecule has 0 spiro atoms. The van der Waals surface area contributed by atoms with Crippen LogP contribution in [-0.4, -0.2) is 5.78 Å². The molecule has 0 fully saturated rings. The molecule has 3 nitrogen and oxygen atoms in total. The summed E-state index contributed by atoms with van der Waals surface area (Å²) < 4.78 is 5.04. The number of carbonyl (C=O) groups is 1. The minimum atomic E-state index is -0.150. The van der Waals surface area contributed by atoms with E-state index in [9.17, 15) is 4.79 Å². The number of nitrogens with two attached hydrogens (primary N) is 1. The van der Waals surface area contributed by atoms with Gasteiger partial charge in [-0.3, -0.25) is 4.79 Å². The van der Waals surface area contributed by atoms with Gasteiger partial charge in [-0.05, 0) is 19.9 Å². The number of hydrogen-bond donors (Lipinski definition) is 1. The van der Waals surface area contributed by atoms with Crippen LogP contribution in [0.4, 0.5) is 0 Å². The fourth-order valence-electron chi connectivity index (χ4n) is 0.776. The Balaban J connectivity index is 2.90. The zero-order valence-electron chi connectivity index (χ0n) is 6.63. The Labute approximate surface area is 65.2 Å². The molecule has 1 unspecified atom stereocenters. The van der Waals surface area contributed by atoms with Crippen molar-refractivity contribution in [3.63, 3.8) is 0 Å². The van der Waals surface area contributed by atoms with Gasteiger partial charge in [0.25, 0.3) is 0 Å². The average Bonchev–Trinajstić information content (AvgIpc) is 2.33. The molecule has 0 saturated carbocycles. The molecule has 0 aliphatic heterocycles. The summed E-state index contributed by atoms with van der Waals surface area (Å²) in [6.45, 7) is 3.30. The quantitative estimate of drug-likeness (QED) is 0.655. The summed E-state index contributed by atoms with van der Waals surface area (Å²) in [5.74, 6) is 0.649. The van der Waals surface area contributed by atoms with Crippen molar-refractivity contribution < 1.29 is 9.21 Å². The number of ketones is 1. The topological polar surface area (TPSA) is 56.2 Å². The van der Waals surface area contributed by atoms with E-state index >= 15 is 0 Å². The van der Waals surface area contributed by atoms with Crippen LogP contribution in [0, 0.1) is 0 Å². The number of furan rings is 1. The molecule has 0 amide bonds. The Morgan fingerprint density at radius 3 is 2.64 bits per heavy atom. The third-order valence-corrected chi connectivity index (χ3v) is 1.48. The first-order chi connectivity index (χ1) is 5.11. The highest BCUT2D eigenvalue weighted by Crippen LogP contribution is 2.13. The van der Waals surface area contributed by atoms with Crippen LogP contribution in [0.25, 0.3) is 0 Å². The first-order valence-electron chi connectivity index (χ1n) is 3.46. The molecule has 2 N–H and O–H groups in total. The molecule has 0 radical (unpaired) electrons. The van der Waals surface area contributed by atoms with E-state index in [2.05, 4.69) is 0 Å². The smallest absolute Gasteiger partial charge is 0.163 e. The van der Waals surface area contributed by atoms with Gasteiger partial charge in [-0.15, -0.1) is 0 Å². The maximum atomic E-state index is 10.8. The van der Waals surface area contributed by atoms with E-state index in [0.29, 0.717) is 11.3 Å². The van der Waals surface area contributed by atoms with Crippen LogP contribution in [0.15, 0.2) is 16.7 Å². The van der Waals surface area contributed by atoms with Crippen LogP contribution >= 0.6 is 0 Å². The molecule has 0 aliphatic carbocycles. The molecule has 11 heavy (non-hydrogen) atoms. The lowest BCUT2D eigenvalue weighted by Gasteiger charge is -1.95.